The van der Waals surface area contributed by atoms with E-state index in [1.165, 1.54) is 24.5 Å². The third-order valence-corrected chi connectivity index (χ3v) is 2.60. The number of nitrogens with zero attached hydrogens (tertiary/aromatic N) is 1. The van der Waals surface area contributed by atoms with Gasteiger partial charge in [0.05, 0.1) is 5.56 Å². The zero-order valence-electron chi connectivity index (χ0n) is 8.95. The van der Waals surface area contributed by atoms with Gasteiger partial charge in [0, 0.05) is 16.9 Å². The summed E-state index contributed by atoms with van der Waals surface area (Å²) in [5.41, 5.74) is -0.269. The van der Waals surface area contributed by atoms with Gasteiger partial charge in [0.25, 0.3) is 5.91 Å². The monoisotopic (exact) mass is 312 g/mol. The first-order valence-electron chi connectivity index (χ1n) is 4.94. The third kappa shape index (κ3) is 2.70. The number of para-hydroxylation sites is 1. The van der Waals surface area contributed by atoms with Crippen molar-refractivity contribution in [1.82, 2.24) is 4.98 Å². The van der Waals surface area contributed by atoms with Crippen LogP contribution in [0.3, 0.4) is 0 Å². The molecule has 0 atom stereocenters. The van der Waals surface area contributed by atoms with E-state index in [0.29, 0.717) is 4.47 Å². The molecule has 1 heterocycles. The van der Waals surface area contributed by atoms with Crippen molar-refractivity contribution in [3.8, 4) is 0 Å². The van der Waals surface area contributed by atoms with Crippen LogP contribution in [0.2, 0.25) is 0 Å². The SMILES string of the molecule is O=C(Nc1c(F)cccc1F)c1cncc(Br)c1. The Morgan fingerprint density at radius 3 is 2.50 bits per heavy atom. The van der Waals surface area contributed by atoms with Crippen LogP contribution < -0.4 is 5.32 Å². The van der Waals surface area contributed by atoms with E-state index in [4.69, 9.17) is 0 Å². The highest BCUT2D eigenvalue weighted by Crippen LogP contribution is 2.19. The molecule has 0 aliphatic carbocycles. The van der Waals surface area contributed by atoms with Gasteiger partial charge in [-0.15, -0.1) is 0 Å². The fourth-order valence-electron chi connectivity index (χ4n) is 1.34. The van der Waals surface area contributed by atoms with Gasteiger partial charge in [-0.3, -0.25) is 9.78 Å². The van der Waals surface area contributed by atoms with Crippen LogP contribution in [-0.2, 0) is 0 Å². The van der Waals surface area contributed by atoms with E-state index in [2.05, 4.69) is 26.2 Å². The van der Waals surface area contributed by atoms with Gasteiger partial charge in [0.2, 0.25) is 0 Å². The number of hydrogen-bond donors (Lipinski definition) is 1. The second-order valence-electron chi connectivity index (χ2n) is 3.44. The molecule has 6 heteroatoms. The summed E-state index contributed by atoms with van der Waals surface area (Å²) in [6.45, 7) is 0. The molecule has 1 aromatic carbocycles. The number of nitrogens with one attached hydrogen (secondary N) is 1. The smallest absolute Gasteiger partial charge is 0.257 e. The fourth-order valence-corrected chi connectivity index (χ4v) is 1.70. The molecule has 0 saturated heterocycles. The number of halogens is 3. The minimum absolute atomic E-state index is 0.201. The molecule has 0 bridgehead atoms. The molecule has 2 aromatic rings. The molecule has 0 aliphatic rings. The first-order valence-corrected chi connectivity index (χ1v) is 5.73. The van der Waals surface area contributed by atoms with Gasteiger partial charge in [-0.1, -0.05) is 6.07 Å². The summed E-state index contributed by atoms with van der Waals surface area (Å²) >= 11 is 3.15. The normalized spacial score (nSPS) is 10.2. The van der Waals surface area contributed by atoms with Gasteiger partial charge in [-0.2, -0.15) is 0 Å². The summed E-state index contributed by atoms with van der Waals surface area (Å²) in [6, 6.07) is 4.86. The number of carbonyl (C=O) groups excluding carboxylic acids is 1. The van der Waals surface area contributed by atoms with Gasteiger partial charge in [0.15, 0.2) is 0 Å². The summed E-state index contributed by atoms with van der Waals surface area (Å²) in [5, 5.41) is 2.17. The maximum Gasteiger partial charge on any atom is 0.257 e. The summed E-state index contributed by atoms with van der Waals surface area (Å²) in [7, 11) is 0. The number of rotatable bonds is 2. The van der Waals surface area contributed by atoms with Gasteiger partial charge < -0.3 is 5.32 Å². The Morgan fingerprint density at radius 1 is 1.22 bits per heavy atom. The largest absolute Gasteiger partial charge is 0.317 e. The molecule has 0 radical (unpaired) electrons. The lowest BCUT2D eigenvalue weighted by Gasteiger charge is -2.07. The predicted octanol–water partition coefficient (Wildman–Crippen LogP) is 3.37. The first-order chi connectivity index (χ1) is 8.58. The molecular weight excluding hydrogens is 306 g/mol. The minimum atomic E-state index is -0.827. The molecule has 0 unspecified atom stereocenters. The van der Waals surface area contributed by atoms with Gasteiger partial charge in [0.1, 0.15) is 17.3 Å². The van der Waals surface area contributed by atoms with Crippen molar-refractivity contribution in [2.24, 2.45) is 0 Å². The van der Waals surface area contributed by atoms with E-state index in [-0.39, 0.29) is 5.56 Å². The Hall–Kier alpha value is -1.82. The van der Waals surface area contributed by atoms with Crippen LogP contribution in [0, 0.1) is 11.6 Å². The molecule has 0 fully saturated rings. The fraction of sp³-hybridized carbons (Fsp3) is 0. The second kappa shape index (κ2) is 5.22. The Bertz CT molecular complexity index is 584. The van der Waals surface area contributed by atoms with Crippen LogP contribution in [0.15, 0.2) is 41.1 Å². The topological polar surface area (TPSA) is 42.0 Å². The average Bonchev–Trinajstić information content (AvgIpc) is 2.34. The molecule has 1 aromatic heterocycles. The zero-order valence-corrected chi connectivity index (χ0v) is 10.5. The highest BCUT2D eigenvalue weighted by Gasteiger charge is 2.13. The number of pyridine rings is 1. The van der Waals surface area contributed by atoms with E-state index in [1.807, 2.05) is 0 Å². The maximum absolute atomic E-state index is 13.3. The van der Waals surface area contributed by atoms with Crippen molar-refractivity contribution in [3.05, 3.63) is 58.3 Å². The number of carbonyl (C=O) groups is 1. The maximum atomic E-state index is 13.3. The first kappa shape index (κ1) is 12.6. The lowest BCUT2D eigenvalue weighted by Crippen LogP contribution is -2.14. The number of hydrogen-bond acceptors (Lipinski definition) is 2. The quantitative estimate of drug-likeness (QED) is 0.923. The van der Waals surface area contributed by atoms with Crippen LogP contribution in [0.4, 0.5) is 14.5 Å². The van der Waals surface area contributed by atoms with Crippen molar-refractivity contribution < 1.29 is 13.6 Å². The number of benzene rings is 1. The number of aromatic nitrogens is 1. The lowest BCUT2D eigenvalue weighted by atomic mass is 10.2. The summed E-state index contributed by atoms with van der Waals surface area (Å²) in [4.78, 5) is 15.6. The Balaban J connectivity index is 2.27. The Kier molecular flexibility index (Phi) is 3.66. The molecule has 0 saturated carbocycles. The van der Waals surface area contributed by atoms with Crippen LogP contribution in [0.25, 0.3) is 0 Å². The van der Waals surface area contributed by atoms with E-state index >= 15 is 0 Å². The predicted molar refractivity (Wildman–Crippen MR) is 66.2 cm³/mol. The van der Waals surface area contributed by atoms with Crippen molar-refractivity contribution in [3.63, 3.8) is 0 Å². The van der Waals surface area contributed by atoms with Crippen LogP contribution in [0.1, 0.15) is 10.4 Å². The van der Waals surface area contributed by atoms with Gasteiger partial charge in [-0.05, 0) is 34.1 Å². The summed E-state index contributed by atoms with van der Waals surface area (Å²) < 4.78 is 27.3. The summed E-state index contributed by atoms with van der Waals surface area (Å²) in [5.74, 6) is -2.29. The third-order valence-electron chi connectivity index (χ3n) is 2.17. The van der Waals surface area contributed by atoms with Crippen LogP contribution >= 0.6 is 15.9 Å². The molecule has 0 aliphatic heterocycles. The lowest BCUT2D eigenvalue weighted by molar-refractivity contribution is 0.102. The Labute approximate surface area is 110 Å². The number of anilines is 1. The van der Waals surface area contributed by atoms with Crippen LogP contribution in [0.5, 0.6) is 0 Å². The number of amides is 1. The highest BCUT2D eigenvalue weighted by molar-refractivity contribution is 9.10. The Morgan fingerprint density at radius 2 is 1.89 bits per heavy atom. The average molecular weight is 313 g/mol. The molecule has 1 amide bonds. The van der Waals surface area contributed by atoms with E-state index in [1.54, 1.807) is 0 Å². The van der Waals surface area contributed by atoms with E-state index in [0.717, 1.165) is 12.1 Å². The van der Waals surface area contributed by atoms with Gasteiger partial charge in [-0.25, -0.2) is 8.78 Å². The van der Waals surface area contributed by atoms with Crippen molar-refractivity contribution >= 4 is 27.5 Å². The highest BCUT2D eigenvalue weighted by atomic mass is 79.9. The van der Waals surface area contributed by atoms with E-state index < -0.39 is 23.2 Å². The van der Waals surface area contributed by atoms with Crippen LogP contribution in [-0.4, -0.2) is 10.9 Å². The molecule has 0 spiro atoms. The molecular formula is C12H7BrF2N2O. The molecule has 1 N–H and O–H groups in total. The summed E-state index contributed by atoms with van der Waals surface area (Å²) in [6.07, 6.45) is 2.80. The minimum Gasteiger partial charge on any atom is -0.317 e. The van der Waals surface area contributed by atoms with Crippen molar-refractivity contribution in [2.75, 3.05) is 5.32 Å². The van der Waals surface area contributed by atoms with Crippen molar-refractivity contribution in [2.45, 2.75) is 0 Å². The molecule has 2 rings (SSSR count). The van der Waals surface area contributed by atoms with Gasteiger partial charge >= 0.3 is 0 Å². The molecule has 18 heavy (non-hydrogen) atoms. The molecule has 3 nitrogen and oxygen atoms in total. The zero-order chi connectivity index (χ0) is 13.1. The van der Waals surface area contributed by atoms with Crippen molar-refractivity contribution in [1.29, 1.82) is 0 Å². The standard InChI is InChI=1S/C12H7BrF2N2O/c13-8-4-7(5-16-6-8)12(18)17-11-9(14)2-1-3-10(11)15/h1-6H,(H,17,18). The molecule has 92 valence electrons. The van der Waals surface area contributed by atoms with E-state index in [9.17, 15) is 13.6 Å². The second-order valence-corrected chi connectivity index (χ2v) is 4.36.